The van der Waals surface area contributed by atoms with Crippen molar-refractivity contribution in [3.8, 4) is 0 Å². The molecular formula is C19H26N4O. The predicted octanol–water partition coefficient (Wildman–Crippen LogP) is 3.24. The van der Waals surface area contributed by atoms with Crippen molar-refractivity contribution in [2.24, 2.45) is 0 Å². The van der Waals surface area contributed by atoms with Crippen LogP contribution in [0.1, 0.15) is 50.5 Å². The van der Waals surface area contributed by atoms with Gasteiger partial charge >= 0.3 is 0 Å². The van der Waals surface area contributed by atoms with Crippen molar-refractivity contribution in [1.29, 1.82) is 0 Å². The molecule has 1 saturated heterocycles. The molecule has 0 aliphatic carbocycles. The quantitative estimate of drug-likeness (QED) is 0.785. The molecule has 128 valence electrons. The van der Waals surface area contributed by atoms with Gasteiger partial charge in [0, 0.05) is 31.5 Å². The molecule has 1 amide bonds. The predicted molar refractivity (Wildman–Crippen MR) is 93.5 cm³/mol. The van der Waals surface area contributed by atoms with Crippen molar-refractivity contribution in [2.75, 3.05) is 6.54 Å². The van der Waals surface area contributed by atoms with Gasteiger partial charge in [-0.2, -0.15) is 5.10 Å². The summed E-state index contributed by atoms with van der Waals surface area (Å²) in [5.41, 5.74) is 1.35. The highest BCUT2D eigenvalue weighted by Gasteiger charge is 2.34. The van der Waals surface area contributed by atoms with Crippen LogP contribution in [-0.4, -0.2) is 38.2 Å². The van der Waals surface area contributed by atoms with Crippen LogP contribution in [0, 0.1) is 0 Å². The molecule has 2 atom stereocenters. The number of benzene rings is 1. The maximum absolute atomic E-state index is 12.7. The first-order chi connectivity index (χ1) is 11.8. The summed E-state index contributed by atoms with van der Waals surface area (Å²) in [5.74, 6) is 0.722. The van der Waals surface area contributed by atoms with Crippen molar-refractivity contribution in [3.63, 3.8) is 0 Å². The van der Waals surface area contributed by atoms with E-state index in [0.29, 0.717) is 18.4 Å². The Morgan fingerprint density at radius 3 is 2.88 bits per heavy atom. The number of hydrogen-bond acceptors (Lipinski definition) is 3. The standard InChI is InChI=1S/C19H26N4O/c1-2-17(16-8-4-3-5-9-16)18-10-6-13-23(18)19(24)11-7-12-22-15-20-14-21-22/h3-5,8-9,14-15,17-18H,2,6-7,10-13H2,1H3/t17-,18-/m0/s1. The summed E-state index contributed by atoms with van der Waals surface area (Å²) in [7, 11) is 0. The monoisotopic (exact) mass is 326 g/mol. The lowest BCUT2D eigenvalue weighted by Crippen LogP contribution is -2.39. The van der Waals surface area contributed by atoms with Crippen LogP contribution in [0.2, 0.25) is 0 Å². The minimum atomic E-state index is 0.284. The second-order valence-corrected chi connectivity index (χ2v) is 6.48. The molecule has 1 aliphatic heterocycles. The van der Waals surface area contributed by atoms with Gasteiger partial charge in [-0.05, 0) is 31.2 Å². The topological polar surface area (TPSA) is 51.0 Å². The zero-order valence-corrected chi connectivity index (χ0v) is 14.3. The van der Waals surface area contributed by atoms with Gasteiger partial charge in [-0.1, -0.05) is 37.3 Å². The van der Waals surface area contributed by atoms with Gasteiger partial charge in [-0.3, -0.25) is 9.48 Å². The summed E-state index contributed by atoms with van der Waals surface area (Å²) in [4.78, 5) is 18.8. The Balaban J connectivity index is 1.60. The van der Waals surface area contributed by atoms with Gasteiger partial charge in [0.15, 0.2) is 0 Å². The summed E-state index contributed by atoms with van der Waals surface area (Å²) < 4.78 is 1.79. The normalized spacial score (nSPS) is 18.7. The van der Waals surface area contributed by atoms with Gasteiger partial charge in [0.05, 0.1) is 0 Å². The number of aromatic nitrogens is 3. The number of carbonyl (C=O) groups is 1. The number of hydrogen-bond donors (Lipinski definition) is 0. The van der Waals surface area contributed by atoms with Crippen LogP contribution >= 0.6 is 0 Å². The van der Waals surface area contributed by atoms with Crippen molar-refractivity contribution in [2.45, 2.75) is 57.5 Å². The zero-order chi connectivity index (χ0) is 16.8. The van der Waals surface area contributed by atoms with Crippen LogP contribution in [0.3, 0.4) is 0 Å². The highest BCUT2D eigenvalue weighted by Crippen LogP contribution is 2.34. The average Bonchev–Trinajstić information content (AvgIpc) is 3.28. The Hall–Kier alpha value is -2.17. The third-order valence-corrected chi connectivity index (χ3v) is 5.00. The Morgan fingerprint density at radius 1 is 1.33 bits per heavy atom. The van der Waals surface area contributed by atoms with Crippen LogP contribution in [0.4, 0.5) is 0 Å². The van der Waals surface area contributed by atoms with E-state index in [2.05, 4.69) is 52.2 Å². The minimum absolute atomic E-state index is 0.284. The molecule has 1 fully saturated rings. The Morgan fingerprint density at radius 2 is 2.17 bits per heavy atom. The molecule has 2 heterocycles. The van der Waals surface area contributed by atoms with E-state index in [-0.39, 0.29) is 5.91 Å². The number of nitrogens with zero attached hydrogens (tertiary/aromatic N) is 4. The minimum Gasteiger partial charge on any atom is -0.339 e. The van der Waals surface area contributed by atoms with Gasteiger partial charge in [0.25, 0.3) is 0 Å². The molecule has 5 nitrogen and oxygen atoms in total. The summed E-state index contributed by atoms with van der Waals surface area (Å²) in [6, 6.07) is 11.0. The Kier molecular flexibility index (Phi) is 5.62. The molecule has 1 aromatic carbocycles. The molecule has 0 radical (unpaired) electrons. The number of rotatable bonds is 7. The molecule has 3 rings (SSSR count). The van der Waals surface area contributed by atoms with E-state index in [1.54, 1.807) is 11.0 Å². The second-order valence-electron chi connectivity index (χ2n) is 6.48. The van der Waals surface area contributed by atoms with Gasteiger partial charge in [-0.15, -0.1) is 0 Å². The van der Waals surface area contributed by atoms with Crippen LogP contribution in [0.25, 0.3) is 0 Å². The molecule has 24 heavy (non-hydrogen) atoms. The van der Waals surface area contributed by atoms with E-state index in [1.807, 2.05) is 0 Å². The molecule has 0 bridgehead atoms. The molecule has 0 spiro atoms. The summed E-state index contributed by atoms with van der Waals surface area (Å²) in [6.07, 6.45) is 7.92. The SMILES string of the molecule is CC[C@@H](c1ccccc1)[C@@H]1CCCN1C(=O)CCCn1cncn1. The zero-order valence-electron chi connectivity index (χ0n) is 14.3. The van der Waals surface area contributed by atoms with Crippen molar-refractivity contribution >= 4 is 5.91 Å². The molecule has 2 aromatic rings. The van der Waals surface area contributed by atoms with E-state index in [4.69, 9.17) is 0 Å². The number of carbonyl (C=O) groups excluding carboxylic acids is 1. The Labute approximate surface area is 143 Å². The molecule has 5 heteroatoms. The van der Waals surface area contributed by atoms with Crippen LogP contribution in [0.15, 0.2) is 43.0 Å². The van der Waals surface area contributed by atoms with E-state index in [1.165, 1.54) is 11.9 Å². The molecule has 0 N–H and O–H groups in total. The first-order valence-corrected chi connectivity index (χ1v) is 8.96. The van der Waals surface area contributed by atoms with E-state index in [9.17, 15) is 4.79 Å². The van der Waals surface area contributed by atoms with Gasteiger partial charge in [-0.25, -0.2) is 4.98 Å². The van der Waals surface area contributed by atoms with Gasteiger partial charge in [0.2, 0.25) is 5.91 Å². The van der Waals surface area contributed by atoms with Crippen LogP contribution in [-0.2, 0) is 11.3 Å². The first-order valence-electron chi connectivity index (χ1n) is 8.96. The van der Waals surface area contributed by atoms with E-state index < -0.39 is 0 Å². The lowest BCUT2D eigenvalue weighted by Gasteiger charge is -2.31. The van der Waals surface area contributed by atoms with Crippen molar-refractivity contribution in [3.05, 3.63) is 48.5 Å². The van der Waals surface area contributed by atoms with Gasteiger partial charge < -0.3 is 4.90 Å². The second kappa shape index (κ2) is 8.08. The van der Waals surface area contributed by atoms with Crippen molar-refractivity contribution in [1.82, 2.24) is 19.7 Å². The lowest BCUT2D eigenvalue weighted by atomic mass is 9.87. The maximum atomic E-state index is 12.7. The third kappa shape index (κ3) is 3.83. The van der Waals surface area contributed by atoms with E-state index >= 15 is 0 Å². The number of aryl methyl sites for hydroxylation is 1. The maximum Gasteiger partial charge on any atom is 0.222 e. The highest BCUT2D eigenvalue weighted by molar-refractivity contribution is 5.77. The van der Waals surface area contributed by atoms with Gasteiger partial charge in [0.1, 0.15) is 12.7 Å². The largest absolute Gasteiger partial charge is 0.339 e. The fraction of sp³-hybridized carbons (Fsp3) is 0.526. The highest BCUT2D eigenvalue weighted by atomic mass is 16.2. The summed E-state index contributed by atoms with van der Waals surface area (Å²) in [5, 5.41) is 4.09. The first kappa shape index (κ1) is 16.7. The molecule has 0 unspecified atom stereocenters. The average molecular weight is 326 g/mol. The summed E-state index contributed by atoms with van der Waals surface area (Å²) in [6.45, 7) is 3.87. The lowest BCUT2D eigenvalue weighted by molar-refractivity contribution is -0.132. The Bertz CT molecular complexity index is 626. The van der Waals surface area contributed by atoms with E-state index in [0.717, 1.165) is 38.8 Å². The van der Waals surface area contributed by atoms with Crippen molar-refractivity contribution < 1.29 is 4.79 Å². The molecule has 1 aromatic heterocycles. The third-order valence-electron chi connectivity index (χ3n) is 5.00. The summed E-state index contributed by atoms with van der Waals surface area (Å²) >= 11 is 0. The fourth-order valence-electron chi connectivity index (χ4n) is 3.83. The molecular weight excluding hydrogens is 300 g/mol. The van der Waals surface area contributed by atoms with Crippen LogP contribution in [0.5, 0.6) is 0 Å². The molecule has 1 aliphatic rings. The molecule has 0 saturated carbocycles. The fourth-order valence-corrected chi connectivity index (χ4v) is 3.83. The smallest absolute Gasteiger partial charge is 0.222 e. The van der Waals surface area contributed by atoms with Crippen LogP contribution < -0.4 is 0 Å². The number of likely N-dealkylation sites (tertiary alicyclic amines) is 1. The number of amides is 1.